The summed E-state index contributed by atoms with van der Waals surface area (Å²) in [5.74, 6) is 0.430. The van der Waals surface area contributed by atoms with E-state index >= 15 is 0 Å². The van der Waals surface area contributed by atoms with Crippen molar-refractivity contribution in [3.05, 3.63) is 64.2 Å². The molecule has 6 heteroatoms. The Kier molecular flexibility index (Phi) is 4.34. The molecule has 0 spiro atoms. The Labute approximate surface area is 154 Å². The van der Waals surface area contributed by atoms with Crippen molar-refractivity contribution in [2.45, 2.75) is 20.5 Å². The number of hydrogen-bond acceptors (Lipinski definition) is 5. The molecule has 0 aliphatic rings. The molecule has 0 N–H and O–H groups in total. The summed E-state index contributed by atoms with van der Waals surface area (Å²) in [6.45, 7) is 4.55. The van der Waals surface area contributed by atoms with Crippen LogP contribution in [0.25, 0.3) is 16.4 Å². The summed E-state index contributed by atoms with van der Waals surface area (Å²) >= 11 is 1.61. The molecule has 132 valence electrons. The van der Waals surface area contributed by atoms with E-state index in [2.05, 4.69) is 4.98 Å². The molecule has 1 aromatic carbocycles. The van der Waals surface area contributed by atoms with Crippen molar-refractivity contribution in [1.29, 1.82) is 0 Å². The van der Waals surface area contributed by atoms with Crippen LogP contribution in [0.4, 0.5) is 0 Å². The van der Waals surface area contributed by atoms with E-state index in [1.807, 2.05) is 66.2 Å². The average Bonchev–Trinajstić information content (AvgIpc) is 3.21. The Morgan fingerprint density at radius 3 is 2.88 bits per heavy atom. The van der Waals surface area contributed by atoms with E-state index in [4.69, 9.17) is 9.47 Å². The van der Waals surface area contributed by atoms with Gasteiger partial charge in [-0.2, -0.15) is 0 Å². The Morgan fingerprint density at radius 1 is 1.23 bits per heavy atom. The van der Waals surface area contributed by atoms with Crippen LogP contribution in [0, 0.1) is 6.92 Å². The first-order valence-corrected chi connectivity index (χ1v) is 9.29. The SMILES string of the molecule is CCOC(=O)c1c2ccc(OCc3csc(C)n3)cc2n2ccccc12. The van der Waals surface area contributed by atoms with Gasteiger partial charge in [-0.25, -0.2) is 9.78 Å². The lowest BCUT2D eigenvalue weighted by molar-refractivity contribution is 0.0531. The van der Waals surface area contributed by atoms with Gasteiger partial charge in [-0.3, -0.25) is 0 Å². The van der Waals surface area contributed by atoms with Gasteiger partial charge in [0, 0.05) is 23.0 Å². The molecule has 0 bridgehead atoms. The van der Waals surface area contributed by atoms with E-state index in [0.29, 0.717) is 18.8 Å². The van der Waals surface area contributed by atoms with Crippen LogP contribution in [0.5, 0.6) is 5.75 Å². The quantitative estimate of drug-likeness (QED) is 0.484. The number of hydrogen-bond donors (Lipinski definition) is 0. The summed E-state index contributed by atoms with van der Waals surface area (Å²) < 4.78 is 13.1. The summed E-state index contributed by atoms with van der Waals surface area (Å²) in [6, 6.07) is 11.5. The first kappa shape index (κ1) is 16.6. The standard InChI is InChI=1S/C20H18N2O3S/c1-3-24-20(23)19-16-8-7-15(25-11-14-12-26-13(2)21-14)10-18(16)22-9-5-4-6-17(19)22/h4-10,12H,3,11H2,1-2H3. The topological polar surface area (TPSA) is 52.8 Å². The largest absolute Gasteiger partial charge is 0.487 e. The smallest absolute Gasteiger partial charge is 0.340 e. The molecule has 26 heavy (non-hydrogen) atoms. The molecular formula is C20H18N2O3S. The predicted molar refractivity (Wildman–Crippen MR) is 102 cm³/mol. The number of benzene rings is 1. The van der Waals surface area contributed by atoms with Crippen LogP contribution >= 0.6 is 11.3 Å². The zero-order valence-electron chi connectivity index (χ0n) is 14.6. The number of thiazole rings is 1. The van der Waals surface area contributed by atoms with E-state index in [1.54, 1.807) is 11.3 Å². The van der Waals surface area contributed by atoms with Crippen molar-refractivity contribution in [1.82, 2.24) is 9.38 Å². The van der Waals surface area contributed by atoms with Crippen molar-refractivity contribution in [3.8, 4) is 5.75 Å². The molecule has 4 aromatic rings. The van der Waals surface area contributed by atoms with Crippen molar-refractivity contribution in [2.24, 2.45) is 0 Å². The Bertz CT molecular complexity index is 1100. The summed E-state index contributed by atoms with van der Waals surface area (Å²) in [7, 11) is 0. The second-order valence-electron chi connectivity index (χ2n) is 5.88. The lowest BCUT2D eigenvalue weighted by Gasteiger charge is -2.05. The van der Waals surface area contributed by atoms with Crippen molar-refractivity contribution in [3.63, 3.8) is 0 Å². The maximum atomic E-state index is 12.5. The Morgan fingerprint density at radius 2 is 2.12 bits per heavy atom. The van der Waals surface area contributed by atoms with E-state index in [0.717, 1.165) is 32.9 Å². The van der Waals surface area contributed by atoms with Crippen LogP contribution in [-0.4, -0.2) is 22.0 Å². The first-order chi connectivity index (χ1) is 12.7. The molecule has 3 aromatic heterocycles. The molecule has 0 aliphatic heterocycles. The molecular weight excluding hydrogens is 348 g/mol. The normalized spacial score (nSPS) is 11.2. The van der Waals surface area contributed by atoms with Gasteiger partial charge in [-0.15, -0.1) is 11.3 Å². The fourth-order valence-corrected chi connectivity index (χ4v) is 3.65. The van der Waals surface area contributed by atoms with Crippen LogP contribution in [0.15, 0.2) is 48.0 Å². The Hall–Kier alpha value is -2.86. The molecule has 0 amide bonds. The van der Waals surface area contributed by atoms with Gasteiger partial charge < -0.3 is 13.9 Å². The third-order valence-corrected chi connectivity index (χ3v) is 4.97. The van der Waals surface area contributed by atoms with E-state index in [-0.39, 0.29) is 5.97 Å². The fraction of sp³-hybridized carbons (Fsp3) is 0.200. The monoisotopic (exact) mass is 366 g/mol. The average molecular weight is 366 g/mol. The summed E-state index contributed by atoms with van der Waals surface area (Å²) in [5.41, 5.74) is 3.24. The number of nitrogens with zero attached hydrogens (tertiary/aromatic N) is 2. The van der Waals surface area contributed by atoms with Gasteiger partial charge >= 0.3 is 5.97 Å². The molecule has 0 unspecified atom stereocenters. The van der Waals surface area contributed by atoms with Crippen LogP contribution in [0.1, 0.15) is 28.0 Å². The van der Waals surface area contributed by atoms with E-state index in [1.165, 1.54) is 0 Å². The molecule has 3 heterocycles. The zero-order chi connectivity index (χ0) is 18.1. The van der Waals surface area contributed by atoms with Crippen molar-refractivity contribution in [2.75, 3.05) is 6.61 Å². The molecule has 0 saturated heterocycles. The highest BCUT2D eigenvalue weighted by Gasteiger charge is 2.19. The summed E-state index contributed by atoms with van der Waals surface area (Å²) in [6.07, 6.45) is 1.94. The van der Waals surface area contributed by atoms with Gasteiger partial charge in [-0.05, 0) is 38.1 Å². The van der Waals surface area contributed by atoms with Gasteiger partial charge in [-0.1, -0.05) is 6.07 Å². The third kappa shape index (κ3) is 2.93. The zero-order valence-corrected chi connectivity index (χ0v) is 15.4. The maximum absolute atomic E-state index is 12.5. The number of fused-ring (bicyclic) bond motifs is 3. The number of aryl methyl sites for hydroxylation is 1. The lowest BCUT2D eigenvalue weighted by atomic mass is 10.1. The number of esters is 1. The van der Waals surface area contributed by atoms with Crippen molar-refractivity contribution < 1.29 is 14.3 Å². The molecule has 0 radical (unpaired) electrons. The van der Waals surface area contributed by atoms with Crippen LogP contribution in [-0.2, 0) is 11.3 Å². The molecule has 0 saturated carbocycles. The van der Waals surface area contributed by atoms with Gasteiger partial charge in [0.05, 0.1) is 33.9 Å². The number of carbonyl (C=O) groups is 1. The fourth-order valence-electron chi connectivity index (χ4n) is 3.06. The first-order valence-electron chi connectivity index (χ1n) is 8.41. The van der Waals surface area contributed by atoms with Gasteiger partial charge in [0.15, 0.2) is 0 Å². The second kappa shape index (κ2) is 6.80. The van der Waals surface area contributed by atoms with Crippen molar-refractivity contribution >= 4 is 33.7 Å². The molecule has 5 nitrogen and oxygen atoms in total. The molecule has 4 rings (SSSR count). The van der Waals surface area contributed by atoms with E-state index in [9.17, 15) is 4.79 Å². The minimum Gasteiger partial charge on any atom is -0.487 e. The highest BCUT2D eigenvalue weighted by Crippen LogP contribution is 2.30. The molecule has 0 aliphatic carbocycles. The summed E-state index contributed by atoms with van der Waals surface area (Å²) in [4.78, 5) is 16.9. The van der Waals surface area contributed by atoms with E-state index < -0.39 is 0 Å². The number of rotatable bonds is 5. The number of aromatic nitrogens is 2. The lowest BCUT2D eigenvalue weighted by Crippen LogP contribution is -2.04. The van der Waals surface area contributed by atoms with Gasteiger partial charge in [0.2, 0.25) is 0 Å². The third-order valence-electron chi connectivity index (χ3n) is 4.15. The Balaban J connectivity index is 1.75. The highest BCUT2D eigenvalue weighted by atomic mass is 32.1. The molecule has 0 fully saturated rings. The second-order valence-corrected chi connectivity index (χ2v) is 6.94. The highest BCUT2D eigenvalue weighted by molar-refractivity contribution is 7.09. The van der Waals surface area contributed by atoms with Gasteiger partial charge in [0.25, 0.3) is 0 Å². The van der Waals surface area contributed by atoms with Crippen LogP contribution < -0.4 is 4.74 Å². The predicted octanol–water partition coefficient (Wildman–Crippen LogP) is 4.61. The number of carbonyl (C=O) groups excluding carboxylic acids is 1. The molecule has 0 atom stereocenters. The number of ether oxygens (including phenoxy) is 2. The van der Waals surface area contributed by atoms with Gasteiger partial charge in [0.1, 0.15) is 12.4 Å². The van der Waals surface area contributed by atoms with Crippen LogP contribution in [0.2, 0.25) is 0 Å². The number of pyridine rings is 1. The maximum Gasteiger partial charge on any atom is 0.340 e. The minimum atomic E-state index is -0.308. The van der Waals surface area contributed by atoms with Crippen LogP contribution in [0.3, 0.4) is 0 Å². The minimum absolute atomic E-state index is 0.308. The summed E-state index contributed by atoms with van der Waals surface area (Å²) in [5, 5.41) is 3.88.